The Balaban J connectivity index is 1.64. The molecule has 1 atom stereocenters. The second-order valence-electron chi connectivity index (χ2n) is 8.19. The number of halogens is 2. The fraction of sp³-hybridized carbons (Fsp3) is 0.348. The van der Waals surface area contributed by atoms with Crippen LogP contribution in [-0.2, 0) is 18.2 Å². The highest BCUT2D eigenvalue weighted by atomic mass is 35.5. The van der Waals surface area contributed by atoms with Gasteiger partial charge in [0.05, 0.1) is 29.7 Å². The van der Waals surface area contributed by atoms with Crippen LogP contribution in [0.5, 0.6) is 0 Å². The molecule has 176 valence electrons. The number of nitrogens with one attached hydrogen (secondary N) is 1. The molecule has 3 aromatic heterocycles. The van der Waals surface area contributed by atoms with Gasteiger partial charge in [-0.25, -0.2) is 14.4 Å². The quantitative estimate of drug-likeness (QED) is 0.475. The number of pyridine rings is 1. The van der Waals surface area contributed by atoms with Crippen molar-refractivity contribution >= 4 is 28.3 Å². The highest BCUT2D eigenvalue weighted by Gasteiger charge is 2.27. The van der Waals surface area contributed by atoms with Crippen molar-refractivity contribution in [3.05, 3.63) is 62.9 Å². The van der Waals surface area contributed by atoms with Crippen LogP contribution in [0.3, 0.4) is 0 Å². The molecule has 1 unspecified atom stereocenters. The molecule has 1 N–H and O–H groups in total. The Morgan fingerprint density at radius 3 is 2.82 bits per heavy atom. The largest absolute Gasteiger partial charge is 0.367 e. The van der Waals surface area contributed by atoms with Crippen LogP contribution < -0.4 is 10.5 Å². The van der Waals surface area contributed by atoms with Gasteiger partial charge in [-0.15, -0.1) is 10.2 Å². The molecule has 0 saturated carbocycles. The fourth-order valence-corrected chi connectivity index (χ4v) is 4.22. The number of hydrogen-bond acceptors (Lipinski definition) is 7. The third kappa shape index (κ3) is 3.92. The highest BCUT2D eigenvalue weighted by Crippen LogP contribution is 2.32. The topological polar surface area (TPSA) is 102 Å². The van der Waals surface area contributed by atoms with E-state index in [1.165, 1.54) is 16.7 Å². The van der Waals surface area contributed by atoms with Gasteiger partial charge in [0.2, 0.25) is 0 Å². The first-order valence-electron chi connectivity index (χ1n) is 11.0. The molecule has 1 aliphatic rings. The van der Waals surface area contributed by atoms with Gasteiger partial charge in [-0.2, -0.15) is 0 Å². The van der Waals surface area contributed by atoms with Crippen LogP contribution in [0.25, 0.3) is 22.2 Å². The van der Waals surface area contributed by atoms with Gasteiger partial charge < -0.3 is 14.6 Å². The first-order chi connectivity index (χ1) is 16.4. The molecule has 1 aliphatic heterocycles. The van der Waals surface area contributed by atoms with Crippen molar-refractivity contribution in [2.45, 2.75) is 26.4 Å². The summed E-state index contributed by atoms with van der Waals surface area (Å²) in [4.78, 5) is 27.7. The van der Waals surface area contributed by atoms with Crippen LogP contribution in [-0.4, -0.2) is 49.4 Å². The molecule has 5 rings (SSSR count). The third-order valence-corrected chi connectivity index (χ3v) is 6.27. The van der Waals surface area contributed by atoms with Crippen LogP contribution in [0.1, 0.15) is 30.5 Å². The van der Waals surface area contributed by atoms with E-state index in [0.29, 0.717) is 42.7 Å². The number of morpholine rings is 1. The Kier molecular flexibility index (Phi) is 5.78. The molecule has 0 bridgehead atoms. The molecule has 11 heteroatoms. The van der Waals surface area contributed by atoms with Gasteiger partial charge >= 0.3 is 0 Å². The van der Waals surface area contributed by atoms with Gasteiger partial charge in [0.15, 0.2) is 5.82 Å². The zero-order chi connectivity index (χ0) is 24.0. The van der Waals surface area contributed by atoms with Crippen molar-refractivity contribution in [2.24, 2.45) is 7.05 Å². The lowest BCUT2D eigenvalue weighted by molar-refractivity contribution is 0.0340. The Morgan fingerprint density at radius 1 is 1.26 bits per heavy atom. The summed E-state index contributed by atoms with van der Waals surface area (Å²) in [6.07, 6.45) is 0.416. The number of nitrogens with zero attached hydrogens (tertiary/aromatic N) is 6. The summed E-state index contributed by atoms with van der Waals surface area (Å²) in [6.45, 7) is 5.22. The molecular weight excluding hydrogens is 461 g/mol. The van der Waals surface area contributed by atoms with Crippen LogP contribution in [0, 0.1) is 12.7 Å². The van der Waals surface area contributed by atoms with Crippen LogP contribution >= 0.6 is 11.6 Å². The van der Waals surface area contributed by atoms with Gasteiger partial charge in [0.25, 0.3) is 5.56 Å². The van der Waals surface area contributed by atoms with Crippen molar-refractivity contribution < 1.29 is 9.13 Å². The first-order valence-corrected chi connectivity index (χ1v) is 11.3. The Morgan fingerprint density at radius 2 is 2.09 bits per heavy atom. The number of anilines is 1. The van der Waals surface area contributed by atoms with E-state index in [9.17, 15) is 9.18 Å². The van der Waals surface area contributed by atoms with Gasteiger partial charge in [-0.1, -0.05) is 18.5 Å². The number of fused-ring (bicyclic) bond motifs is 1. The summed E-state index contributed by atoms with van der Waals surface area (Å²) in [7, 11) is 1.63. The zero-order valence-corrected chi connectivity index (χ0v) is 19.7. The molecule has 0 aliphatic carbocycles. The van der Waals surface area contributed by atoms with E-state index in [0.717, 1.165) is 12.2 Å². The lowest BCUT2D eigenvalue weighted by atomic mass is 10.1. The van der Waals surface area contributed by atoms with E-state index in [1.807, 2.05) is 11.8 Å². The van der Waals surface area contributed by atoms with Crippen molar-refractivity contribution in [3.63, 3.8) is 0 Å². The van der Waals surface area contributed by atoms with E-state index < -0.39 is 5.82 Å². The van der Waals surface area contributed by atoms with Gasteiger partial charge in [0.1, 0.15) is 29.4 Å². The average Bonchev–Trinajstić information content (AvgIpc) is 3.31. The van der Waals surface area contributed by atoms with Gasteiger partial charge in [-0.3, -0.25) is 9.36 Å². The molecule has 0 spiro atoms. The van der Waals surface area contributed by atoms with Crippen molar-refractivity contribution in [1.82, 2.24) is 29.7 Å². The number of ether oxygens (including phenoxy) is 1. The number of aromatic nitrogens is 6. The summed E-state index contributed by atoms with van der Waals surface area (Å²) in [5, 5.41) is 8.86. The second kappa shape index (κ2) is 8.77. The lowest BCUT2D eigenvalue weighted by Gasteiger charge is -2.33. The molecule has 0 amide bonds. The first kappa shape index (κ1) is 22.4. The third-order valence-electron chi connectivity index (χ3n) is 6.04. The van der Waals surface area contributed by atoms with Gasteiger partial charge in [0, 0.05) is 36.7 Å². The highest BCUT2D eigenvalue weighted by molar-refractivity contribution is 6.30. The Labute approximate surface area is 199 Å². The van der Waals surface area contributed by atoms with Gasteiger partial charge in [-0.05, 0) is 25.1 Å². The minimum absolute atomic E-state index is 0.187. The number of aromatic amines is 1. The Bertz CT molecular complexity index is 1450. The molecule has 1 saturated heterocycles. The molecule has 1 aromatic carbocycles. The number of rotatable bonds is 4. The standard InChI is InChI=1S/C23H23ClFN7O2/c1-4-18-27-22(30-29-18)17-11-32(7-8-34-17)19-10-16-20(23(33)31(3)12(2)26-16)21(28-19)14-6-5-13(24)9-15(14)25/h5-6,9-10,17H,4,7-8,11H2,1-3H3,(H,27,29,30). The number of H-pyrrole nitrogens is 1. The normalized spacial score (nSPS) is 16.4. The summed E-state index contributed by atoms with van der Waals surface area (Å²) in [5.41, 5.74) is 0.572. The molecule has 1 fully saturated rings. The molecule has 9 nitrogen and oxygen atoms in total. The number of benzene rings is 1. The lowest BCUT2D eigenvalue weighted by Crippen LogP contribution is -2.39. The zero-order valence-electron chi connectivity index (χ0n) is 19.0. The molecule has 4 heterocycles. The van der Waals surface area contributed by atoms with E-state index in [4.69, 9.17) is 21.3 Å². The molecule has 34 heavy (non-hydrogen) atoms. The maximum atomic E-state index is 15.0. The minimum Gasteiger partial charge on any atom is -0.367 e. The summed E-state index contributed by atoms with van der Waals surface area (Å²) in [5.74, 6) is 1.99. The van der Waals surface area contributed by atoms with E-state index in [-0.39, 0.29) is 33.3 Å². The SMILES string of the molecule is CCc1nnc(C2CN(c3cc4nc(C)n(C)c(=O)c4c(-c4ccc(Cl)cc4F)n3)CCO2)[nH]1. The molecular formula is C23H23ClFN7O2. The Hall–Kier alpha value is -3.37. The smallest absolute Gasteiger partial charge is 0.263 e. The van der Waals surface area contributed by atoms with Crippen molar-refractivity contribution in [3.8, 4) is 11.3 Å². The molecule has 4 aromatic rings. The summed E-state index contributed by atoms with van der Waals surface area (Å²) in [6, 6.07) is 6.09. The molecule has 0 radical (unpaired) electrons. The van der Waals surface area contributed by atoms with Crippen LogP contribution in [0.2, 0.25) is 5.02 Å². The monoisotopic (exact) mass is 483 g/mol. The maximum Gasteiger partial charge on any atom is 0.263 e. The van der Waals surface area contributed by atoms with E-state index in [2.05, 4.69) is 20.2 Å². The summed E-state index contributed by atoms with van der Waals surface area (Å²) >= 11 is 5.96. The minimum atomic E-state index is -0.560. The second-order valence-corrected chi connectivity index (χ2v) is 8.62. The van der Waals surface area contributed by atoms with Crippen molar-refractivity contribution in [1.29, 1.82) is 0 Å². The van der Waals surface area contributed by atoms with E-state index >= 15 is 0 Å². The van der Waals surface area contributed by atoms with Crippen LogP contribution in [0.15, 0.2) is 29.1 Å². The van der Waals surface area contributed by atoms with Crippen molar-refractivity contribution in [2.75, 3.05) is 24.6 Å². The summed E-state index contributed by atoms with van der Waals surface area (Å²) < 4.78 is 22.3. The van der Waals surface area contributed by atoms with Crippen LogP contribution in [0.4, 0.5) is 10.2 Å². The maximum absolute atomic E-state index is 15.0. The van der Waals surface area contributed by atoms with E-state index in [1.54, 1.807) is 26.1 Å². The fourth-order valence-electron chi connectivity index (χ4n) is 4.06. The predicted molar refractivity (Wildman–Crippen MR) is 127 cm³/mol. The number of aryl methyl sites for hydroxylation is 2. The average molecular weight is 484 g/mol. The number of hydrogen-bond donors (Lipinski definition) is 1. The predicted octanol–water partition coefficient (Wildman–Crippen LogP) is 3.35.